The number of hydrogen-bond donors (Lipinski definition) is 4. The number of allylic oxidation sites excluding steroid dienone is 3. The number of hydrogen-bond acceptors (Lipinski definition) is 5. The Morgan fingerprint density at radius 2 is 1.74 bits per heavy atom. The molecule has 31 heavy (non-hydrogen) atoms. The normalized spacial score (nSPS) is 22.5. The summed E-state index contributed by atoms with van der Waals surface area (Å²) in [6, 6.07) is 0. The van der Waals surface area contributed by atoms with Crippen LogP contribution < -0.4 is 0 Å². The number of ketones is 1. The fourth-order valence-corrected chi connectivity index (χ4v) is 4.10. The predicted octanol–water partition coefficient (Wildman–Crippen LogP) is 3.29. The van der Waals surface area contributed by atoms with Gasteiger partial charge in [0, 0.05) is 18.8 Å². The number of rotatable bonds is 15. The molecule has 0 aromatic heterocycles. The summed E-state index contributed by atoms with van der Waals surface area (Å²) in [6.07, 6.45) is 10.6. The minimum Gasteiger partial charge on any atom is -0.481 e. The summed E-state index contributed by atoms with van der Waals surface area (Å²) in [5.74, 6) is -7.77. The van der Waals surface area contributed by atoms with E-state index in [2.05, 4.69) is 6.92 Å². The molecule has 0 radical (unpaired) electrons. The molecule has 1 fully saturated rings. The van der Waals surface area contributed by atoms with Crippen molar-refractivity contribution in [2.45, 2.75) is 70.8 Å². The third-order valence-electron chi connectivity index (χ3n) is 5.75. The molecule has 1 aliphatic carbocycles. The van der Waals surface area contributed by atoms with E-state index in [0.29, 0.717) is 25.7 Å². The van der Waals surface area contributed by atoms with Crippen molar-refractivity contribution in [3.63, 3.8) is 0 Å². The van der Waals surface area contributed by atoms with Crippen molar-refractivity contribution < 1.29 is 39.6 Å². The summed E-state index contributed by atoms with van der Waals surface area (Å²) in [5.41, 5.74) is 0. The highest BCUT2D eigenvalue weighted by Crippen LogP contribution is 2.42. The van der Waals surface area contributed by atoms with Gasteiger partial charge in [-0.3, -0.25) is 19.2 Å². The van der Waals surface area contributed by atoms with E-state index in [1.807, 2.05) is 0 Å². The number of carboxylic acid groups (broad SMARTS) is 3. The van der Waals surface area contributed by atoms with E-state index >= 15 is 0 Å². The lowest BCUT2D eigenvalue weighted by molar-refractivity contribution is -0.157. The maximum atomic E-state index is 12.6. The van der Waals surface area contributed by atoms with Crippen LogP contribution in [-0.4, -0.2) is 50.2 Å². The van der Waals surface area contributed by atoms with Gasteiger partial charge in [0.15, 0.2) is 5.92 Å². The van der Waals surface area contributed by atoms with Gasteiger partial charge in [0.05, 0.1) is 6.10 Å². The Labute approximate surface area is 182 Å². The monoisotopic (exact) mass is 438 g/mol. The van der Waals surface area contributed by atoms with E-state index in [9.17, 15) is 34.5 Å². The first kappa shape index (κ1) is 26.6. The van der Waals surface area contributed by atoms with Gasteiger partial charge in [-0.05, 0) is 37.5 Å². The SMILES string of the molecule is CCCCCC(O)/C=C/C1C(C/C=C/CCCC(=O)O)C(=O)CC1C(C(=O)O)C(=O)O. The van der Waals surface area contributed by atoms with Crippen molar-refractivity contribution in [3.8, 4) is 0 Å². The van der Waals surface area contributed by atoms with Crippen molar-refractivity contribution in [2.24, 2.45) is 23.7 Å². The Morgan fingerprint density at radius 1 is 1.06 bits per heavy atom. The molecule has 0 heterocycles. The van der Waals surface area contributed by atoms with Crippen molar-refractivity contribution in [2.75, 3.05) is 0 Å². The fourth-order valence-electron chi connectivity index (χ4n) is 4.10. The second-order valence-electron chi connectivity index (χ2n) is 8.11. The first-order valence-corrected chi connectivity index (χ1v) is 10.9. The molecule has 1 aliphatic rings. The number of Topliss-reactive ketones (excluding diaryl/α,β-unsaturated/α-hetero) is 1. The quantitative estimate of drug-likeness (QED) is 0.173. The average molecular weight is 439 g/mol. The van der Waals surface area contributed by atoms with Gasteiger partial charge in [-0.1, -0.05) is 50.5 Å². The van der Waals surface area contributed by atoms with Gasteiger partial charge >= 0.3 is 17.9 Å². The van der Waals surface area contributed by atoms with Crippen LogP contribution >= 0.6 is 0 Å². The van der Waals surface area contributed by atoms with E-state index in [1.165, 1.54) is 0 Å². The number of carbonyl (C=O) groups excluding carboxylic acids is 1. The number of aliphatic hydroxyl groups excluding tert-OH is 1. The van der Waals surface area contributed by atoms with Crippen LogP contribution in [0.3, 0.4) is 0 Å². The van der Waals surface area contributed by atoms with Crippen LogP contribution in [0.1, 0.15) is 64.7 Å². The molecule has 0 spiro atoms. The first-order valence-electron chi connectivity index (χ1n) is 10.9. The van der Waals surface area contributed by atoms with Gasteiger partial charge in [-0.25, -0.2) is 0 Å². The first-order chi connectivity index (χ1) is 14.7. The van der Waals surface area contributed by atoms with Gasteiger partial charge in [-0.2, -0.15) is 0 Å². The zero-order chi connectivity index (χ0) is 23.4. The molecular weight excluding hydrogens is 404 g/mol. The number of aliphatic hydroxyl groups is 1. The van der Waals surface area contributed by atoms with Gasteiger partial charge in [0.25, 0.3) is 0 Å². The highest BCUT2D eigenvalue weighted by atomic mass is 16.4. The Kier molecular flexibility index (Phi) is 11.8. The Balaban J connectivity index is 2.94. The van der Waals surface area contributed by atoms with Crippen LogP contribution in [0.15, 0.2) is 24.3 Å². The predicted molar refractivity (Wildman–Crippen MR) is 113 cm³/mol. The molecule has 4 unspecified atom stereocenters. The average Bonchev–Trinajstić information content (AvgIpc) is 2.97. The molecule has 0 aromatic carbocycles. The van der Waals surface area contributed by atoms with E-state index < -0.39 is 47.7 Å². The molecule has 174 valence electrons. The molecule has 0 saturated heterocycles. The lowest BCUT2D eigenvalue weighted by atomic mass is 9.79. The fraction of sp³-hybridized carbons (Fsp3) is 0.652. The number of unbranched alkanes of at least 4 members (excludes halogenated alkanes) is 3. The van der Waals surface area contributed by atoms with Gasteiger partial charge in [0.1, 0.15) is 5.78 Å². The maximum Gasteiger partial charge on any atom is 0.318 e. The molecular formula is C23H34O8. The van der Waals surface area contributed by atoms with Crippen molar-refractivity contribution in [1.29, 1.82) is 0 Å². The summed E-state index contributed by atoms with van der Waals surface area (Å²) in [6.45, 7) is 2.05. The maximum absolute atomic E-state index is 12.6. The molecule has 1 saturated carbocycles. The summed E-state index contributed by atoms with van der Waals surface area (Å²) in [4.78, 5) is 46.3. The lowest BCUT2D eigenvalue weighted by Gasteiger charge is -2.23. The van der Waals surface area contributed by atoms with Crippen LogP contribution in [0.5, 0.6) is 0 Å². The Morgan fingerprint density at radius 3 is 2.32 bits per heavy atom. The van der Waals surface area contributed by atoms with Gasteiger partial charge in [0.2, 0.25) is 0 Å². The van der Waals surface area contributed by atoms with Crippen molar-refractivity contribution in [3.05, 3.63) is 24.3 Å². The van der Waals surface area contributed by atoms with E-state index in [4.69, 9.17) is 5.11 Å². The van der Waals surface area contributed by atoms with Gasteiger partial charge in [-0.15, -0.1) is 0 Å². The molecule has 8 nitrogen and oxygen atoms in total. The molecule has 0 aromatic rings. The summed E-state index contributed by atoms with van der Waals surface area (Å²) >= 11 is 0. The number of aliphatic carboxylic acids is 3. The molecule has 1 rings (SSSR count). The third kappa shape index (κ3) is 9.04. The number of carbonyl (C=O) groups is 4. The summed E-state index contributed by atoms with van der Waals surface area (Å²) < 4.78 is 0. The molecule has 4 N–H and O–H groups in total. The second-order valence-corrected chi connectivity index (χ2v) is 8.11. The topological polar surface area (TPSA) is 149 Å². The lowest BCUT2D eigenvalue weighted by Crippen LogP contribution is -2.33. The zero-order valence-electron chi connectivity index (χ0n) is 18.0. The molecule has 4 atom stereocenters. The third-order valence-corrected chi connectivity index (χ3v) is 5.75. The van der Waals surface area contributed by atoms with Gasteiger partial charge < -0.3 is 20.4 Å². The Hall–Kier alpha value is -2.48. The smallest absolute Gasteiger partial charge is 0.318 e. The summed E-state index contributed by atoms with van der Waals surface area (Å²) in [5, 5.41) is 37.7. The largest absolute Gasteiger partial charge is 0.481 e. The van der Waals surface area contributed by atoms with Crippen molar-refractivity contribution >= 4 is 23.7 Å². The van der Waals surface area contributed by atoms with E-state index in [1.54, 1.807) is 24.3 Å². The minimum absolute atomic E-state index is 0.0506. The molecule has 8 heteroatoms. The van der Waals surface area contributed by atoms with E-state index in [0.717, 1.165) is 19.3 Å². The van der Waals surface area contributed by atoms with Crippen LogP contribution in [0.2, 0.25) is 0 Å². The highest BCUT2D eigenvalue weighted by Gasteiger charge is 2.48. The van der Waals surface area contributed by atoms with Crippen LogP contribution in [0.4, 0.5) is 0 Å². The van der Waals surface area contributed by atoms with Crippen LogP contribution in [0, 0.1) is 23.7 Å². The number of carboxylic acids is 3. The second kappa shape index (κ2) is 13.7. The summed E-state index contributed by atoms with van der Waals surface area (Å²) in [7, 11) is 0. The Bertz CT molecular complexity index is 667. The van der Waals surface area contributed by atoms with Crippen molar-refractivity contribution in [1.82, 2.24) is 0 Å². The molecule has 0 aliphatic heterocycles. The molecule has 0 bridgehead atoms. The minimum atomic E-state index is -1.69. The van der Waals surface area contributed by atoms with Crippen LogP contribution in [-0.2, 0) is 19.2 Å². The standard InChI is InChI=1S/C23H34O8/c1-2-3-6-9-15(24)12-13-16-17(10-7-4-5-8-11-20(26)27)19(25)14-18(16)21(22(28)29)23(30)31/h4,7,12-13,15-18,21,24H,2-3,5-6,8-11,14H2,1H3,(H,26,27)(H,28,29)(H,30,31)/b7-4+,13-12+. The van der Waals surface area contributed by atoms with E-state index in [-0.39, 0.29) is 18.6 Å². The zero-order valence-corrected chi connectivity index (χ0v) is 18.0. The molecule has 0 amide bonds. The highest BCUT2D eigenvalue weighted by molar-refractivity contribution is 5.95. The van der Waals surface area contributed by atoms with Crippen LogP contribution in [0.25, 0.3) is 0 Å².